The summed E-state index contributed by atoms with van der Waals surface area (Å²) in [6.45, 7) is 1.30. The van der Waals surface area contributed by atoms with E-state index in [4.69, 9.17) is 11.6 Å². The van der Waals surface area contributed by atoms with Gasteiger partial charge in [0.15, 0.2) is 0 Å². The number of nitrogens with one attached hydrogen (secondary N) is 2. The molecule has 1 atom stereocenters. The van der Waals surface area contributed by atoms with Crippen LogP contribution in [0.25, 0.3) is 0 Å². The van der Waals surface area contributed by atoms with Crippen LogP contribution in [-0.4, -0.2) is 11.8 Å². The van der Waals surface area contributed by atoms with Crippen molar-refractivity contribution < 1.29 is 9.59 Å². The van der Waals surface area contributed by atoms with Crippen molar-refractivity contribution in [2.24, 2.45) is 0 Å². The van der Waals surface area contributed by atoms with Crippen molar-refractivity contribution in [2.75, 3.05) is 0 Å². The van der Waals surface area contributed by atoms with Gasteiger partial charge in [-0.3, -0.25) is 20.4 Å². The quantitative estimate of drug-likeness (QED) is 0.587. The molecule has 0 aliphatic heterocycles. The molecule has 0 aliphatic carbocycles. The normalized spacial score (nSPS) is 11.6. The van der Waals surface area contributed by atoms with Crippen molar-refractivity contribution in [3.05, 3.63) is 35.9 Å². The molecular weight excluding hydrogens is 216 g/mol. The molecular formula is C10H11ClN2O2. The van der Waals surface area contributed by atoms with Gasteiger partial charge in [0, 0.05) is 6.92 Å². The van der Waals surface area contributed by atoms with E-state index in [1.807, 2.05) is 6.07 Å². The first kappa shape index (κ1) is 11.5. The Kier molecular flexibility index (Phi) is 4.12. The lowest BCUT2D eigenvalue weighted by Gasteiger charge is -2.10. The van der Waals surface area contributed by atoms with Crippen molar-refractivity contribution in [1.82, 2.24) is 10.9 Å². The van der Waals surface area contributed by atoms with Crippen LogP contribution in [-0.2, 0) is 9.59 Å². The van der Waals surface area contributed by atoms with Gasteiger partial charge in [-0.05, 0) is 5.56 Å². The average molecular weight is 227 g/mol. The van der Waals surface area contributed by atoms with Crippen LogP contribution in [0, 0.1) is 0 Å². The molecule has 2 N–H and O–H groups in total. The highest BCUT2D eigenvalue weighted by atomic mass is 35.5. The predicted octanol–water partition coefficient (Wildman–Crippen LogP) is 1.13. The summed E-state index contributed by atoms with van der Waals surface area (Å²) in [5.74, 6) is -0.807. The molecule has 0 saturated heterocycles. The Morgan fingerprint density at radius 1 is 1.20 bits per heavy atom. The third-order valence-electron chi connectivity index (χ3n) is 1.68. The number of hydrazine groups is 1. The molecule has 1 unspecified atom stereocenters. The third kappa shape index (κ3) is 3.59. The van der Waals surface area contributed by atoms with Crippen LogP contribution in [0.3, 0.4) is 0 Å². The summed E-state index contributed by atoms with van der Waals surface area (Å²) in [6.07, 6.45) is 0. The monoisotopic (exact) mass is 226 g/mol. The van der Waals surface area contributed by atoms with Crippen LogP contribution in [0.1, 0.15) is 17.9 Å². The minimum atomic E-state index is -0.807. The maximum absolute atomic E-state index is 11.4. The van der Waals surface area contributed by atoms with E-state index in [0.29, 0.717) is 5.56 Å². The number of rotatable bonds is 2. The maximum atomic E-state index is 11.4. The standard InChI is InChI=1S/C10H11ClN2O2/c1-7(14)12-13-10(15)9(11)8-5-3-2-4-6-8/h2-6,9H,1H3,(H,12,14)(H,13,15). The molecule has 0 aromatic heterocycles. The van der Waals surface area contributed by atoms with Gasteiger partial charge in [-0.25, -0.2) is 0 Å². The van der Waals surface area contributed by atoms with E-state index in [1.54, 1.807) is 24.3 Å². The van der Waals surface area contributed by atoms with Gasteiger partial charge in [0.05, 0.1) is 0 Å². The number of alkyl halides is 1. The van der Waals surface area contributed by atoms with E-state index in [1.165, 1.54) is 6.92 Å². The molecule has 0 radical (unpaired) electrons. The largest absolute Gasteiger partial charge is 0.274 e. The molecule has 0 bridgehead atoms. The SMILES string of the molecule is CC(=O)NNC(=O)C(Cl)c1ccccc1. The highest BCUT2D eigenvalue weighted by Gasteiger charge is 2.16. The van der Waals surface area contributed by atoms with Gasteiger partial charge in [-0.1, -0.05) is 30.3 Å². The van der Waals surface area contributed by atoms with Crippen LogP contribution >= 0.6 is 11.6 Å². The third-order valence-corrected chi connectivity index (χ3v) is 2.13. The molecule has 1 aromatic rings. The van der Waals surface area contributed by atoms with E-state index < -0.39 is 11.3 Å². The zero-order valence-corrected chi connectivity index (χ0v) is 8.91. The van der Waals surface area contributed by atoms with Crippen LogP contribution < -0.4 is 10.9 Å². The lowest BCUT2D eigenvalue weighted by molar-refractivity contribution is -0.127. The summed E-state index contributed by atoms with van der Waals surface area (Å²) >= 11 is 5.88. The molecule has 4 nitrogen and oxygen atoms in total. The fourth-order valence-electron chi connectivity index (χ4n) is 0.986. The number of carbonyl (C=O) groups excluding carboxylic acids is 2. The second-order valence-corrected chi connectivity index (χ2v) is 3.38. The lowest BCUT2D eigenvalue weighted by Crippen LogP contribution is -2.41. The summed E-state index contributed by atoms with van der Waals surface area (Å²) in [5.41, 5.74) is 5.07. The summed E-state index contributed by atoms with van der Waals surface area (Å²) in [7, 11) is 0. The first-order valence-electron chi connectivity index (χ1n) is 4.36. The molecule has 80 valence electrons. The van der Waals surface area contributed by atoms with Gasteiger partial charge in [0.2, 0.25) is 5.91 Å². The second-order valence-electron chi connectivity index (χ2n) is 2.94. The number of hydrogen-bond acceptors (Lipinski definition) is 2. The molecule has 0 aliphatic rings. The molecule has 1 aromatic carbocycles. The summed E-state index contributed by atoms with van der Waals surface area (Å²) in [6, 6.07) is 8.89. The molecule has 0 spiro atoms. The van der Waals surface area contributed by atoms with E-state index in [2.05, 4.69) is 10.9 Å². The average Bonchev–Trinajstić information content (AvgIpc) is 2.26. The van der Waals surface area contributed by atoms with E-state index >= 15 is 0 Å². The Morgan fingerprint density at radius 3 is 2.33 bits per heavy atom. The fraction of sp³-hybridized carbons (Fsp3) is 0.200. The summed E-state index contributed by atoms with van der Waals surface area (Å²) < 4.78 is 0. The number of hydrogen-bond donors (Lipinski definition) is 2. The molecule has 5 heteroatoms. The Balaban J connectivity index is 2.57. The van der Waals surface area contributed by atoms with Crippen LogP contribution in [0.4, 0.5) is 0 Å². The molecule has 0 saturated carbocycles. The minimum absolute atomic E-state index is 0.347. The zero-order chi connectivity index (χ0) is 11.3. The fourth-order valence-corrected chi connectivity index (χ4v) is 1.19. The Bertz CT molecular complexity index is 354. The van der Waals surface area contributed by atoms with Crippen molar-refractivity contribution in [2.45, 2.75) is 12.3 Å². The van der Waals surface area contributed by atoms with Crippen molar-refractivity contribution >= 4 is 23.4 Å². The Hall–Kier alpha value is -1.55. The summed E-state index contributed by atoms with van der Waals surface area (Å²) in [4.78, 5) is 21.9. The number of carbonyl (C=O) groups is 2. The number of benzene rings is 1. The second kappa shape index (κ2) is 5.36. The van der Waals surface area contributed by atoms with Gasteiger partial charge in [0.25, 0.3) is 5.91 Å². The van der Waals surface area contributed by atoms with E-state index in [9.17, 15) is 9.59 Å². The van der Waals surface area contributed by atoms with Gasteiger partial charge >= 0.3 is 0 Å². The Morgan fingerprint density at radius 2 is 1.80 bits per heavy atom. The van der Waals surface area contributed by atoms with Crippen molar-refractivity contribution in [1.29, 1.82) is 0 Å². The van der Waals surface area contributed by atoms with Crippen molar-refractivity contribution in [3.63, 3.8) is 0 Å². The first-order chi connectivity index (χ1) is 7.11. The molecule has 2 amide bonds. The minimum Gasteiger partial charge on any atom is -0.274 e. The Labute approximate surface area is 92.6 Å². The highest BCUT2D eigenvalue weighted by Crippen LogP contribution is 2.19. The van der Waals surface area contributed by atoms with E-state index in [-0.39, 0.29) is 5.91 Å². The smallest absolute Gasteiger partial charge is 0.260 e. The topological polar surface area (TPSA) is 58.2 Å². The van der Waals surface area contributed by atoms with Gasteiger partial charge in [-0.2, -0.15) is 0 Å². The van der Waals surface area contributed by atoms with E-state index in [0.717, 1.165) is 0 Å². The number of amides is 2. The molecule has 15 heavy (non-hydrogen) atoms. The van der Waals surface area contributed by atoms with Crippen LogP contribution in [0.5, 0.6) is 0 Å². The van der Waals surface area contributed by atoms with Gasteiger partial charge < -0.3 is 0 Å². The van der Waals surface area contributed by atoms with Crippen molar-refractivity contribution in [3.8, 4) is 0 Å². The summed E-state index contributed by atoms with van der Waals surface area (Å²) in [5, 5.41) is -0.807. The highest BCUT2D eigenvalue weighted by molar-refractivity contribution is 6.30. The maximum Gasteiger partial charge on any atom is 0.260 e. The lowest BCUT2D eigenvalue weighted by atomic mass is 10.1. The molecule has 1 rings (SSSR count). The van der Waals surface area contributed by atoms with Gasteiger partial charge in [-0.15, -0.1) is 11.6 Å². The number of halogens is 1. The zero-order valence-electron chi connectivity index (χ0n) is 8.16. The van der Waals surface area contributed by atoms with Gasteiger partial charge in [0.1, 0.15) is 5.38 Å². The van der Waals surface area contributed by atoms with Crippen LogP contribution in [0.2, 0.25) is 0 Å². The molecule has 0 fully saturated rings. The molecule has 0 heterocycles. The predicted molar refractivity (Wildman–Crippen MR) is 57.0 cm³/mol. The first-order valence-corrected chi connectivity index (χ1v) is 4.80. The van der Waals surface area contributed by atoms with Crippen LogP contribution in [0.15, 0.2) is 30.3 Å².